The van der Waals surface area contributed by atoms with Gasteiger partial charge in [0.15, 0.2) is 5.78 Å². The molecule has 5 aromatic rings. The molecular formula is C46H62IrN3O2Se-. The smallest absolute Gasteiger partial charge is 0 e. The normalized spacial score (nSPS) is 12.9. The van der Waals surface area contributed by atoms with E-state index in [-0.39, 0.29) is 68.8 Å². The quantitative estimate of drug-likeness (QED) is 0.0689. The predicted molar refractivity (Wildman–Crippen MR) is 222 cm³/mol. The van der Waals surface area contributed by atoms with E-state index in [1.165, 1.54) is 31.1 Å². The maximum absolute atomic E-state index is 12.3. The zero-order chi connectivity index (χ0) is 38.9. The van der Waals surface area contributed by atoms with E-state index in [0.717, 1.165) is 39.8 Å². The number of aliphatic hydroxyl groups is 1. The zero-order valence-electron chi connectivity index (χ0n) is 34.7. The van der Waals surface area contributed by atoms with Gasteiger partial charge in [-0.25, -0.2) is 0 Å². The van der Waals surface area contributed by atoms with Crippen LogP contribution < -0.4 is 0 Å². The van der Waals surface area contributed by atoms with Crippen molar-refractivity contribution in [1.82, 2.24) is 15.0 Å². The van der Waals surface area contributed by atoms with Crippen molar-refractivity contribution in [2.24, 2.45) is 40.9 Å². The summed E-state index contributed by atoms with van der Waals surface area (Å²) in [4.78, 5) is 26.7. The van der Waals surface area contributed by atoms with Gasteiger partial charge in [-0.1, -0.05) is 55.4 Å². The molecular weight excluding hydrogens is 898 g/mol. The van der Waals surface area contributed by atoms with Crippen molar-refractivity contribution in [3.05, 3.63) is 77.4 Å². The molecule has 1 radical (unpaired) electrons. The van der Waals surface area contributed by atoms with E-state index < -0.39 is 0 Å². The molecule has 0 unspecified atom stereocenters. The second kappa shape index (κ2) is 17.8. The number of hydrogen-bond acceptors (Lipinski definition) is 5. The van der Waals surface area contributed by atoms with Gasteiger partial charge in [-0.05, 0) is 23.7 Å². The van der Waals surface area contributed by atoms with Gasteiger partial charge in [0, 0.05) is 38.0 Å². The van der Waals surface area contributed by atoms with Gasteiger partial charge in [-0.3, -0.25) is 4.79 Å². The summed E-state index contributed by atoms with van der Waals surface area (Å²) in [5.74, 6) is 1.63. The average molecular weight is 960 g/mol. The summed E-state index contributed by atoms with van der Waals surface area (Å²) in [5, 5.41) is 12.6. The third kappa shape index (κ3) is 11.0. The summed E-state index contributed by atoms with van der Waals surface area (Å²) in [6, 6.07) is 17.0. The fraction of sp³-hybridized carbons (Fsp3) is 0.522. The van der Waals surface area contributed by atoms with Crippen molar-refractivity contribution >= 4 is 50.6 Å². The van der Waals surface area contributed by atoms with Gasteiger partial charge in [0.1, 0.15) is 0 Å². The van der Waals surface area contributed by atoms with E-state index in [1.807, 2.05) is 6.92 Å². The van der Waals surface area contributed by atoms with E-state index in [9.17, 15) is 9.90 Å². The van der Waals surface area contributed by atoms with Crippen molar-refractivity contribution in [3.8, 4) is 11.3 Å². The molecule has 0 aliphatic carbocycles. The van der Waals surface area contributed by atoms with Crippen molar-refractivity contribution in [1.29, 1.82) is 0 Å². The van der Waals surface area contributed by atoms with Crippen LogP contribution in [0.4, 0.5) is 0 Å². The fourth-order valence-electron chi connectivity index (χ4n) is 7.71. The molecule has 7 heteroatoms. The molecule has 5 nitrogen and oxygen atoms in total. The summed E-state index contributed by atoms with van der Waals surface area (Å²) >= 11 is 0.172. The molecule has 0 spiro atoms. The van der Waals surface area contributed by atoms with Crippen LogP contribution in [0, 0.1) is 53.9 Å². The molecule has 0 amide bonds. The molecule has 3 aromatic heterocycles. The van der Waals surface area contributed by atoms with Gasteiger partial charge >= 0.3 is 202 Å². The molecule has 5 rings (SSSR count). The summed E-state index contributed by atoms with van der Waals surface area (Å²) < 4.78 is 2.68. The number of carbonyl (C=O) groups is 1. The Morgan fingerprint density at radius 1 is 0.830 bits per heavy atom. The van der Waals surface area contributed by atoms with Gasteiger partial charge in [0.25, 0.3) is 0 Å². The van der Waals surface area contributed by atoms with Gasteiger partial charge < -0.3 is 5.11 Å². The van der Waals surface area contributed by atoms with Crippen LogP contribution in [-0.4, -0.2) is 40.3 Å². The molecule has 0 fully saturated rings. The van der Waals surface area contributed by atoms with Crippen LogP contribution in [0.3, 0.4) is 0 Å². The minimum absolute atomic E-state index is 0. The second-order valence-corrected chi connectivity index (χ2v) is 20.5. The number of pyridine rings is 1. The molecule has 0 aliphatic heterocycles. The number of aryl methyl sites for hydroxylation is 1. The molecule has 3 heterocycles. The summed E-state index contributed by atoms with van der Waals surface area (Å²) in [7, 11) is 0. The van der Waals surface area contributed by atoms with Crippen LogP contribution in [0.25, 0.3) is 41.6 Å². The molecule has 0 atom stereocenters. The fourth-order valence-corrected chi connectivity index (χ4v) is 10.3. The van der Waals surface area contributed by atoms with Gasteiger partial charge in [-0.15, -0.1) is 0 Å². The summed E-state index contributed by atoms with van der Waals surface area (Å²) in [6.45, 7) is 32.3. The number of ketones is 1. The predicted octanol–water partition coefficient (Wildman–Crippen LogP) is 11.9. The SMILES string of the molecule is CC(C)C(C(=O)/C=C(\O)C(C(C)C)C(C)C)C(C)C.Cc1ccc2[c-]c(-c3ncnc4c3[se]c3cc(CC(C)(C)C)ccc34)cc(C(C)(C)C)c2n1.[Ir]. The number of allylic oxidation sites excluding steroid dienone is 2. The first-order valence-corrected chi connectivity index (χ1v) is 20.7. The minimum atomic E-state index is -0.0327. The van der Waals surface area contributed by atoms with E-state index >= 15 is 0 Å². The Kier molecular flexibility index (Phi) is 15.0. The first kappa shape index (κ1) is 44.7. The molecule has 0 bridgehead atoms. The third-order valence-corrected chi connectivity index (χ3v) is 12.2. The second-order valence-electron chi connectivity index (χ2n) is 18.3. The van der Waals surface area contributed by atoms with Gasteiger partial charge in [0.2, 0.25) is 0 Å². The van der Waals surface area contributed by atoms with E-state index in [2.05, 4.69) is 139 Å². The Hall–Kier alpha value is -2.69. The average Bonchev–Trinajstić information content (AvgIpc) is 3.36. The zero-order valence-corrected chi connectivity index (χ0v) is 38.8. The van der Waals surface area contributed by atoms with E-state index in [0.29, 0.717) is 23.7 Å². The topological polar surface area (TPSA) is 76.0 Å². The molecule has 0 aliphatic rings. The maximum atomic E-state index is 12.3. The van der Waals surface area contributed by atoms with E-state index in [1.54, 1.807) is 6.33 Å². The van der Waals surface area contributed by atoms with Gasteiger partial charge in [0.05, 0.1) is 5.76 Å². The number of nitrogens with zero attached hydrogens (tertiary/aromatic N) is 3. The molecule has 0 saturated carbocycles. The Balaban J connectivity index is 0.000000327. The number of hydrogen-bond donors (Lipinski definition) is 1. The first-order chi connectivity index (χ1) is 24.1. The standard InChI is InChI=1S/C29H30N3Se.C17H32O2.Ir/c1-17-8-10-19-13-20(14-22(24(19)32-17)29(5,6)7)25-27-26(31-16-30-25)21-11-9-18(12-23(21)33-27)15-28(2,3)4;1-10(2)16(11(3)4)14(18)9-15(19)17(12(5)6)13(7)8;/h8-12,14,16H,15H2,1-7H3;9-13,16-18H,1-8H3;/q-1;;/b;14-9-;. The number of benzene rings is 2. The Labute approximate surface area is 339 Å². The van der Waals surface area contributed by atoms with Crippen molar-refractivity contribution in [2.75, 3.05) is 0 Å². The molecule has 1 N–H and O–H groups in total. The van der Waals surface area contributed by atoms with Crippen LogP contribution >= 0.6 is 0 Å². The number of fused-ring (bicyclic) bond motifs is 4. The summed E-state index contributed by atoms with van der Waals surface area (Å²) in [5.41, 5.74) is 8.09. The molecule has 53 heavy (non-hydrogen) atoms. The Morgan fingerprint density at radius 2 is 1.43 bits per heavy atom. The molecule has 289 valence electrons. The van der Waals surface area contributed by atoms with Crippen LogP contribution in [0.15, 0.2) is 54.6 Å². The van der Waals surface area contributed by atoms with Crippen molar-refractivity contribution in [2.45, 2.75) is 116 Å². The third-order valence-electron chi connectivity index (χ3n) is 9.80. The first-order valence-electron chi connectivity index (χ1n) is 19.0. The van der Waals surface area contributed by atoms with Crippen molar-refractivity contribution < 1.29 is 30.0 Å². The molecule has 2 aromatic carbocycles. The Morgan fingerprint density at radius 3 is 1.98 bits per heavy atom. The molecule has 0 saturated heterocycles. The monoisotopic (exact) mass is 961 g/mol. The van der Waals surface area contributed by atoms with Crippen LogP contribution in [0.1, 0.15) is 114 Å². The number of aromatic nitrogens is 3. The number of aliphatic hydroxyl groups excluding tert-OH is 1. The minimum Gasteiger partial charge on any atom is 0 e. The van der Waals surface area contributed by atoms with Crippen LogP contribution in [0.5, 0.6) is 0 Å². The number of carbonyl (C=O) groups excluding carboxylic acids is 1. The Bertz CT molecular complexity index is 2050. The number of rotatable bonds is 9. The van der Waals surface area contributed by atoms with Gasteiger partial charge in [-0.2, -0.15) is 0 Å². The largest absolute Gasteiger partial charge is 0 e. The van der Waals surface area contributed by atoms with Crippen LogP contribution in [0.2, 0.25) is 0 Å². The maximum Gasteiger partial charge on any atom is 0 e. The van der Waals surface area contributed by atoms with E-state index in [4.69, 9.17) is 15.0 Å². The summed E-state index contributed by atoms with van der Waals surface area (Å²) in [6.07, 6.45) is 4.27. The van der Waals surface area contributed by atoms with Crippen LogP contribution in [-0.2, 0) is 36.7 Å². The van der Waals surface area contributed by atoms with Crippen molar-refractivity contribution in [3.63, 3.8) is 0 Å².